The number of hydrogen-bond donors (Lipinski definition) is 1. The lowest BCUT2D eigenvalue weighted by Gasteiger charge is -2.33. The summed E-state index contributed by atoms with van der Waals surface area (Å²) in [7, 11) is 1.95. The van der Waals surface area contributed by atoms with Crippen molar-refractivity contribution < 1.29 is 4.74 Å². The van der Waals surface area contributed by atoms with Crippen molar-refractivity contribution in [2.24, 2.45) is 0 Å². The number of rotatable bonds is 2. The van der Waals surface area contributed by atoms with Crippen molar-refractivity contribution in [2.45, 2.75) is 18.6 Å². The molecule has 2 aromatic rings. The monoisotopic (exact) mass is 385 g/mol. The van der Waals surface area contributed by atoms with E-state index in [4.69, 9.17) is 27.9 Å². The van der Waals surface area contributed by atoms with Gasteiger partial charge in [-0.25, -0.2) is 0 Å². The zero-order valence-electron chi connectivity index (χ0n) is 11.4. The van der Waals surface area contributed by atoms with Crippen molar-refractivity contribution in [1.82, 2.24) is 5.32 Å². The minimum atomic E-state index is -0.0517. The molecule has 0 fully saturated rings. The molecular weight excluding hydrogens is 373 g/mol. The summed E-state index contributed by atoms with van der Waals surface area (Å²) >= 11 is 15.8. The van der Waals surface area contributed by atoms with Crippen molar-refractivity contribution >= 4 is 39.1 Å². The molecule has 0 radical (unpaired) electrons. The van der Waals surface area contributed by atoms with Gasteiger partial charge in [0.15, 0.2) is 0 Å². The van der Waals surface area contributed by atoms with Crippen LogP contribution in [-0.2, 0) is 0 Å². The molecule has 3 rings (SSSR count). The fraction of sp³-hybridized carbons (Fsp3) is 0.250. The minimum Gasteiger partial charge on any atom is -0.485 e. The summed E-state index contributed by atoms with van der Waals surface area (Å²) in [4.78, 5) is 0. The maximum atomic E-state index is 6.15. The van der Waals surface area contributed by atoms with Crippen LogP contribution in [0.3, 0.4) is 0 Å². The molecule has 0 saturated heterocycles. The van der Waals surface area contributed by atoms with Crippen LogP contribution in [0.4, 0.5) is 0 Å². The van der Waals surface area contributed by atoms with Gasteiger partial charge in [0.25, 0.3) is 0 Å². The zero-order chi connectivity index (χ0) is 15.0. The Bertz CT molecular complexity index is 677. The average molecular weight is 387 g/mol. The van der Waals surface area contributed by atoms with E-state index in [-0.39, 0.29) is 12.1 Å². The highest BCUT2D eigenvalue weighted by Gasteiger charge is 2.29. The fourth-order valence-electron chi connectivity index (χ4n) is 2.67. The first-order valence-corrected chi connectivity index (χ1v) is 8.21. The highest BCUT2D eigenvalue weighted by atomic mass is 79.9. The summed E-state index contributed by atoms with van der Waals surface area (Å²) in [5.41, 5.74) is 2.16. The van der Waals surface area contributed by atoms with E-state index in [0.717, 1.165) is 32.8 Å². The second-order valence-corrected chi connectivity index (χ2v) is 6.76. The Kier molecular flexibility index (Phi) is 4.46. The molecular formula is C16H14BrCl2NO. The average Bonchev–Trinajstić information content (AvgIpc) is 2.48. The van der Waals surface area contributed by atoms with Gasteiger partial charge in [0.2, 0.25) is 0 Å². The van der Waals surface area contributed by atoms with E-state index in [1.165, 1.54) is 0 Å². The first kappa shape index (κ1) is 15.2. The van der Waals surface area contributed by atoms with Crippen molar-refractivity contribution in [2.75, 3.05) is 7.05 Å². The highest BCUT2D eigenvalue weighted by Crippen LogP contribution is 2.43. The molecule has 1 aliphatic rings. The first-order chi connectivity index (χ1) is 10.1. The number of hydrogen-bond acceptors (Lipinski definition) is 2. The van der Waals surface area contributed by atoms with Crippen LogP contribution in [0.5, 0.6) is 5.75 Å². The van der Waals surface area contributed by atoms with Crippen molar-refractivity contribution in [3.8, 4) is 5.75 Å². The summed E-state index contributed by atoms with van der Waals surface area (Å²) in [5, 5.41) is 4.76. The van der Waals surface area contributed by atoms with Crippen LogP contribution in [0.2, 0.25) is 10.0 Å². The third-order valence-corrected chi connectivity index (χ3v) is 4.91. The molecule has 1 heterocycles. The predicted octanol–water partition coefficient (Wildman–Crippen LogP) is 5.54. The number of nitrogens with one attached hydrogen (secondary N) is 1. The van der Waals surface area contributed by atoms with Crippen LogP contribution in [0.1, 0.15) is 29.7 Å². The lowest BCUT2D eigenvalue weighted by molar-refractivity contribution is 0.153. The summed E-state index contributed by atoms with van der Waals surface area (Å²) in [6.45, 7) is 0. The molecule has 2 aromatic carbocycles. The predicted molar refractivity (Wildman–Crippen MR) is 90.4 cm³/mol. The third-order valence-electron chi connectivity index (χ3n) is 3.72. The third kappa shape index (κ3) is 3.07. The van der Waals surface area contributed by atoms with Gasteiger partial charge in [-0.3, -0.25) is 0 Å². The number of benzene rings is 2. The summed E-state index contributed by atoms with van der Waals surface area (Å²) in [6.07, 6.45) is 0.771. The number of ether oxygens (including phenoxy) is 1. The molecule has 1 aliphatic heterocycles. The van der Waals surface area contributed by atoms with Gasteiger partial charge < -0.3 is 10.1 Å². The van der Waals surface area contributed by atoms with Crippen LogP contribution in [0, 0.1) is 0 Å². The lowest BCUT2D eigenvalue weighted by Crippen LogP contribution is -2.27. The Labute approximate surface area is 142 Å². The SMILES string of the molecule is CNC1CC(c2cc(Cl)ccc2Br)Oc2ccc(Cl)cc21. The summed E-state index contributed by atoms with van der Waals surface area (Å²) < 4.78 is 7.16. The zero-order valence-corrected chi connectivity index (χ0v) is 14.5. The Balaban J connectivity index is 2.00. The molecule has 0 spiro atoms. The van der Waals surface area contributed by atoms with Crippen LogP contribution >= 0.6 is 39.1 Å². The molecule has 2 unspecified atom stereocenters. The maximum absolute atomic E-state index is 6.15. The smallest absolute Gasteiger partial charge is 0.127 e. The van der Waals surface area contributed by atoms with E-state index in [9.17, 15) is 0 Å². The topological polar surface area (TPSA) is 21.3 Å². The lowest BCUT2D eigenvalue weighted by atomic mass is 9.93. The highest BCUT2D eigenvalue weighted by molar-refractivity contribution is 9.10. The Morgan fingerprint density at radius 2 is 1.76 bits per heavy atom. The van der Waals surface area contributed by atoms with Crippen LogP contribution in [0.15, 0.2) is 40.9 Å². The van der Waals surface area contributed by atoms with Gasteiger partial charge in [-0.15, -0.1) is 0 Å². The molecule has 0 amide bonds. The quantitative estimate of drug-likeness (QED) is 0.731. The van der Waals surface area contributed by atoms with E-state index in [0.29, 0.717) is 5.02 Å². The van der Waals surface area contributed by atoms with Gasteiger partial charge in [-0.2, -0.15) is 0 Å². The molecule has 5 heteroatoms. The van der Waals surface area contributed by atoms with Gasteiger partial charge >= 0.3 is 0 Å². The van der Waals surface area contributed by atoms with Crippen molar-refractivity contribution in [3.05, 3.63) is 62.0 Å². The van der Waals surface area contributed by atoms with E-state index in [1.54, 1.807) is 0 Å². The van der Waals surface area contributed by atoms with Crippen LogP contribution in [-0.4, -0.2) is 7.05 Å². The summed E-state index contributed by atoms with van der Waals surface area (Å²) in [5.74, 6) is 0.863. The molecule has 0 saturated carbocycles. The van der Waals surface area contributed by atoms with Crippen LogP contribution in [0.25, 0.3) is 0 Å². The Morgan fingerprint density at radius 1 is 1.10 bits per heavy atom. The molecule has 110 valence electrons. The van der Waals surface area contributed by atoms with Gasteiger partial charge in [-0.05, 0) is 43.4 Å². The Morgan fingerprint density at radius 3 is 2.48 bits per heavy atom. The van der Waals surface area contributed by atoms with Crippen LogP contribution < -0.4 is 10.1 Å². The van der Waals surface area contributed by atoms with E-state index in [2.05, 4.69) is 21.2 Å². The molecule has 2 nitrogen and oxygen atoms in total. The second kappa shape index (κ2) is 6.17. The molecule has 2 atom stereocenters. The molecule has 21 heavy (non-hydrogen) atoms. The van der Waals surface area contributed by atoms with Crippen molar-refractivity contribution in [3.63, 3.8) is 0 Å². The normalized spacial score (nSPS) is 20.8. The van der Waals surface area contributed by atoms with Crippen molar-refractivity contribution in [1.29, 1.82) is 0 Å². The van der Waals surface area contributed by atoms with E-state index < -0.39 is 0 Å². The van der Waals surface area contributed by atoms with E-state index in [1.807, 2.05) is 43.4 Å². The largest absolute Gasteiger partial charge is 0.485 e. The summed E-state index contributed by atoms with van der Waals surface area (Å²) in [6, 6.07) is 11.7. The second-order valence-electron chi connectivity index (χ2n) is 5.03. The number of halogens is 3. The van der Waals surface area contributed by atoms with Gasteiger partial charge in [-0.1, -0.05) is 39.1 Å². The number of fused-ring (bicyclic) bond motifs is 1. The van der Waals surface area contributed by atoms with Gasteiger partial charge in [0.1, 0.15) is 11.9 Å². The molecule has 0 aliphatic carbocycles. The first-order valence-electron chi connectivity index (χ1n) is 6.67. The molecule has 0 aromatic heterocycles. The molecule has 1 N–H and O–H groups in total. The standard InChI is InChI=1S/C16H14BrCl2NO/c1-20-14-8-16(11-6-9(18)2-4-13(11)17)21-15-5-3-10(19)7-12(14)15/h2-7,14,16,20H,8H2,1H3. The van der Waals surface area contributed by atoms with Gasteiger partial charge in [0, 0.05) is 38.1 Å². The Hall–Kier alpha value is -0.740. The van der Waals surface area contributed by atoms with Gasteiger partial charge in [0.05, 0.1) is 0 Å². The fourth-order valence-corrected chi connectivity index (χ4v) is 3.53. The molecule has 0 bridgehead atoms. The minimum absolute atomic E-state index is 0.0517. The maximum Gasteiger partial charge on any atom is 0.127 e. The van der Waals surface area contributed by atoms with E-state index >= 15 is 0 Å².